The number of rotatable bonds is 7. The van der Waals surface area contributed by atoms with E-state index in [1.54, 1.807) is 18.5 Å². The van der Waals surface area contributed by atoms with Crippen molar-refractivity contribution in [2.24, 2.45) is 5.10 Å². The van der Waals surface area contributed by atoms with Crippen molar-refractivity contribution in [1.82, 2.24) is 10.4 Å². The van der Waals surface area contributed by atoms with E-state index in [9.17, 15) is 4.79 Å². The number of aromatic nitrogens is 1. The normalized spacial score (nSPS) is 10.6. The third kappa shape index (κ3) is 5.36. The molecule has 0 bridgehead atoms. The van der Waals surface area contributed by atoms with Crippen LogP contribution in [0.5, 0.6) is 5.75 Å². The Morgan fingerprint density at radius 3 is 2.82 bits per heavy atom. The summed E-state index contributed by atoms with van der Waals surface area (Å²) in [7, 11) is 0. The Labute approximate surface area is 130 Å². The van der Waals surface area contributed by atoms with Crippen molar-refractivity contribution in [3.63, 3.8) is 0 Å². The summed E-state index contributed by atoms with van der Waals surface area (Å²) in [6.07, 6.45) is 7.02. The maximum atomic E-state index is 11.6. The van der Waals surface area contributed by atoms with Crippen LogP contribution in [0.15, 0.2) is 53.9 Å². The molecule has 1 amide bonds. The van der Waals surface area contributed by atoms with E-state index >= 15 is 0 Å². The molecule has 0 unspecified atom stereocenters. The van der Waals surface area contributed by atoms with E-state index in [0.29, 0.717) is 5.75 Å². The van der Waals surface area contributed by atoms with Gasteiger partial charge >= 0.3 is 0 Å². The monoisotopic (exact) mass is 297 g/mol. The van der Waals surface area contributed by atoms with Crippen LogP contribution in [0.1, 0.15) is 24.5 Å². The van der Waals surface area contributed by atoms with Crippen LogP contribution < -0.4 is 10.2 Å². The highest BCUT2D eigenvalue weighted by Gasteiger charge is 2.01. The van der Waals surface area contributed by atoms with Crippen molar-refractivity contribution in [3.05, 3.63) is 59.9 Å². The number of hydrazone groups is 1. The van der Waals surface area contributed by atoms with Gasteiger partial charge in [0.1, 0.15) is 5.75 Å². The second kappa shape index (κ2) is 8.56. The number of hydrogen-bond acceptors (Lipinski definition) is 4. The number of carbonyl (C=O) groups excluding carboxylic acids is 1. The number of benzene rings is 1. The van der Waals surface area contributed by atoms with E-state index in [4.69, 9.17) is 4.74 Å². The number of carbonyl (C=O) groups is 1. The summed E-state index contributed by atoms with van der Waals surface area (Å²) in [5.41, 5.74) is 4.49. The zero-order valence-corrected chi connectivity index (χ0v) is 12.5. The predicted octanol–water partition coefficient (Wildman–Crippen LogP) is 2.56. The topological polar surface area (TPSA) is 63.6 Å². The van der Waals surface area contributed by atoms with Gasteiger partial charge in [0.25, 0.3) is 5.91 Å². The molecular formula is C17H19N3O2. The lowest BCUT2D eigenvalue weighted by molar-refractivity contribution is -0.123. The fourth-order valence-electron chi connectivity index (χ4n) is 1.85. The van der Waals surface area contributed by atoms with Crippen LogP contribution in [-0.2, 0) is 11.2 Å². The first-order valence-corrected chi connectivity index (χ1v) is 7.21. The lowest BCUT2D eigenvalue weighted by atomic mass is 10.1. The molecule has 0 saturated heterocycles. The van der Waals surface area contributed by atoms with Gasteiger partial charge in [0, 0.05) is 18.0 Å². The van der Waals surface area contributed by atoms with Gasteiger partial charge in [-0.2, -0.15) is 5.10 Å². The van der Waals surface area contributed by atoms with Gasteiger partial charge in [0.2, 0.25) is 0 Å². The molecule has 1 aromatic carbocycles. The van der Waals surface area contributed by atoms with Crippen LogP contribution in [0.3, 0.4) is 0 Å². The molecule has 1 aromatic heterocycles. The minimum absolute atomic E-state index is 0.0719. The average molecular weight is 297 g/mol. The number of ether oxygens (including phenoxy) is 1. The van der Waals surface area contributed by atoms with Crippen LogP contribution in [-0.4, -0.2) is 23.7 Å². The van der Waals surface area contributed by atoms with E-state index in [2.05, 4.69) is 22.4 Å². The van der Waals surface area contributed by atoms with E-state index in [-0.39, 0.29) is 12.5 Å². The van der Waals surface area contributed by atoms with Crippen LogP contribution in [0, 0.1) is 0 Å². The molecular weight excluding hydrogens is 278 g/mol. The molecule has 0 aliphatic heterocycles. The number of aryl methyl sites for hydroxylation is 1. The van der Waals surface area contributed by atoms with E-state index in [0.717, 1.165) is 18.4 Å². The van der Waals surface area contributed by atoms with E-state index < -0.39 is 0 Å². The molecule has 0 aliphatic carbocycles. The largest absolute Gasteiger partial charge is 0.484 e. The Morgan fingerprint density at radius 2 is 2.14 bits per heavy atom. The number of amides is 1. The molecule has 5 nitrogen and oxygen atoms in total. The first-order valence-electron chi connectivity index (χ1n) is 7.21. The van der Waals surface area contributed by atoms with Crippen molar-refractivity contribution in [2.75, 3.05) is 6.61 Å². The third-order valence-electron chi connectivity index (χ3n) is 2.92. The summed E-state index contributed by atoms with van der Waals surface area (Å²) >= 11 is 0. The van der Waals surface area contributed by atoms with Gasteiger partial charge in [-0.1, -0.05) is 31.5 Å². The summed E-state index contributed by atoms with van der Waals surface area (Å²) in [5.74, 6) is 0.365. The molecule has 114 valence electrons. The Kier molecular flexibility index (Phi) is 6.11. The van der Waals surface area contributed by atoms with Gasteiger partial charge in [-0.15, -0.1) is 0 Å². The second-order valence-electron chi connectivity index (χ2n) is 4.76. The fraction of sp³-hybridized carbons (Fsp3) is 0.235. The summed E-state index contributed by atoms with van der Waals surface area (Å²) in [6.45, 7) is 2.07. The molecule has 0 atom stereocenters. The summed E-state index contributed by atoms with van der Waals surface area (Å²) in [6, 6.07) is 11.4. The first-order chi connectivity index (χ1) is 10.8. The first kappa shape index (κ1) is 15.7. The summed E-state index contributed by atoms with van der Waals surface area (Å²) in [5, 5.41) is 3.85. The Hall–Kier alpha value is -2.69. The van der Waals surface area contributed by atoms with Crippen molar-refractivity contribution in [3.8, 4) is 5.75 Å². The lowest BCUT2D eigenvalue weighted by Crippen LogP contribution is -2.24. The van der Waals surface area contributed by atoms with Crippen LogP contribution in [0.4, 0.5) is 0 Å². The molecule has 1 N–H and O–H groups in total. The molecule has 2 rings (SSSR count). The molecule has 0 spiro atoms. The summed E-state index contributed by atoms with van der Waals surface area (Å²) < 4.78 is 5.41. The fourth-order valence-corrected chi connectivity index (χ4v) is 1.85. The third-order valence-corrected chi connectivity index (χ3v) is 2.92. The van der Waals surface area contributed by atoms with Crippen molar-refractivity contribution >= 4 is 12.1 Å². The van der Waals surface area contributed by atoms with Gasteiger partial charge in [0.15, 0.2) is 6.61 Å². The van der Waals surface area contributed by atoms with Crippen LogP contribution >= 0.6 is 0 Å². The van der Waals surface area contributed by atoms with Crippen LogP contribution in [0.25, 0.3) is 0 Å². The molecule has 0 fully saturated rings. The molecule has 0 saturated carbocycles. The van der Waals surface area contributed by atoms with Gasteiger partial charge in [-0.05, 0) is 30.2 Å². The van der Waals surface area contributed by atoms with Crippen molar-refractivity contribution in [2.45, 2.75) is 19.8 Å². The van der Waals surface area contributed by atoms with Crippen LogP contribution in [0.2, 0.25) is 0 Å². The van der Waals surface area contributed by atoms with Gasteiger partial charge < -0.3 is 4.74 Å². The predicted molar refractivity (Wildman–Crippen MR) is 85.9 cm³/mol. The highest BCUT2D eigenvalue weighted by Crippen LogP contribution is 2.13. The van der Waals surface area contributed by atoms with Gasteiger partial charge in [-0.25, -0.2) is 5.43 Å². The Bertz CT molecular complexity index is 610. The van der Waals surface area contributed by atoms with E-state index in [1.165, 1.54) is 11.8 Å². The molecule has 0 aliphatic rings. The smallest absolute Gasteiger partial charge is 0.277 e. The molecule has 22 heavy (non-hydrogen) atoms. The quantitative estimate of drug-likeness (QED) is 0.631. The maximum absolute atomic E-state index is 11.6. The Balaban J connectivity index is 1.74. The summed E-state index contributed by atoms with van der Waals surface area (Å²) in [4.78, 5) is 15.6. The highest BCUT2D eigenvalue weighted by molar-refractivity contribution is 5.82. The number of pyridine rings is 1. The second-order valence-corrected chi connectivity index (χ2v) is 4.76. The van der Waals surface area contributed by atoms with E-state index in [1.807, 2.05) is 30.3 Å². The number of nitrogens with zero attached hydrogens (tertiary/aromatic N) is 2. The average Bonchev–Trinajstić information content (AvgIpc) is 2.55. The standard InChI is InChI=1S/C17H19N3O2/c1-2-4-14-6-8-16(9-7-14)22-13-17(21)20-19-12-15-5-3-10-18-11-15/h3,5-12H,2,4,13H2,1H3,(H,20,21)/b19-12+. The molecule has 2 aromatic rings. The Morgan fingerprint density at radius 1 is 1.32 bits per heavy atom. The SMILES string of the molecule is CCCc1ccc(OCC(=O)N/N=C/c2cccnc2)cc1. The number of nitrogens with one attached hydrogen (secondary N) is 1. The zero-order chi connectivity index (χ0) is 15.6. The van der Waals surface area contributed by atoms with Crippen molar-refractivity contribution in [1.29, 1.82) is 0 Å². The minimum atomic E-state index is -0.308. The van der Waals surface area contributed by atoms with Crippen molar-refractivity contribution < 1.29 is 9.53 Å². The number of hydrogen-bond donors (Lipinski definition) is 1. The highest BCUT2D eigenvalue weighted by atomic mass is 16.5. The maximum Gasteiger partial charge on any atom is 0.277 e. The minimum Gasteiger partial charge on any atom is -0.484 e. The molecule has 1 heterocycles. The zero-order valence-electron chi connectivity index (χ0n) is 12.5. The van der Waals surface area contributed by atoms with Gasteiger partial charge in [0.05, 0.1) is 6.21 Å². The van der Waals surface area contributed by atoms with Gasteiger partial charge in [-0.3, -0.25) is 9.78 Å². The molecule has 5 heteroatoms. The lowest BCUT2D eigenvalue weighted by Gasteiger charge is -2.06. The molecule has 0 radical (unpaired) electrons.